The number of ether oxygens (including phenoxy) is 1. The average molecular weight is 425 g/mol. The van der Waals surface area contributed by atoms with Crippen LogP contribution in [0.1, 0.15) is 23.2 Å². The van der Waals surface area contributed by atoms with Gasteiger partial charge in [0.2, 0.25) is 5.91 Å². The van der Waals surface area contributed by atoms with Gasteiger partial charge < -0.3 is 25.6 Å². The lowest BCUT2D eigenvalue weighted by atomic mass is 9.97. The molecule has 1 fully saturated rings. The van der Waals surface area contributed by atoms with Crippen molar-refractivity contribution < 1.29 is 19.1 Å². The summed E-state index contributed by atoms with van der Waals surface area (Å²) >= 11 is 0. The summed E-state index contributed by atoms with van der Waals surface area (Å²) in [5, 5.41) is 2.80. The third kappa shape index (κ3) is 5.94. The first-order chi connectivity index (χ1) is 14.8. The fraction of sp³-hybridized carbons (Fsp3) is 0.364. The molecule has 1 saturated heterocycles. The molecule has 164 valence electrons. The van der Waals surface area contributed by atoms with Crippen LogP contribution in [0.4, 0.5) is 11.5 Å². The number of aromatic nitrogens is 1. The van der Waals surface area contributed by atoms with Crippen LogP contribution in [-0.4, -0.2) is 61.4 Å². The maximum Gasteiger partial charge on any atom is 0.259 e. The molecule has 1 aromatic carbocycles. The summed E-state index contributed by atoms with van der Waals surface area (Å²) in [7, 11) is 3.30. The molecule has 3 rings (SSSR count). The number of anilines is 2. The van der Waals surface area contributed by atoms with Crippen molar-refractivity contribution in [2.45, 2.75) is 12.8 Å². The van der Waals surface area contributed by atoms with Crippen molar-refractivity contribution in [3.63, 3.8) is 0 Å². The highest BCUT2D eigenvalue weighted by atomic mass is 16.5. The van der Waals surface area contributed by atoms with Gasteiger partial charge in [0.25, 0.3) is 11.8 Å². The molecule has 1 atom stereocenters. The molecular formula is C22H27N5O4. The van der Waals surface area contributed by atoms with Gasteiger partial charge in [-0.25, -0.2) is 4.98 Å². The summed E-state index contributed by atoms with van der Waals surface area (Å²) in [5.41, 5.74) is 6.39. The van der Waals surface area contributed by atoms with Crippen LogP contribution in [-0.2, 0) is 9.59 Å². The second kappa shape index (κ2) is 9.92. The van der Waals surface area contributed by atoms with Crippen LogP contribution in [0.15, 0.2) is 42.6 Å². The Labute approximate surface area is 181 Å². The fourth-order valence-corrected chi connectivity index (χ4v) is 3.27. The number of amides is 3. The van der Waals surface area contributed by atoms with Crippen LogP contribution in [0, 0.1) is 5.92 Å². The van der Waals surface area contributed by atoms with Crippen LogP contribution < -0.4 is 20.7 Å². The third-order valence-corrected chi connectivity index (χ3v) is 5.11. The van der Waals surface area contributed by atoms with Gasteiger partial charge in [0.1, 0.15) is 11.6 Å². The van der Waals surface area contributed by atoms with Crippen LogP contribution in [0.3, 0.4) is 0 Å². The average Bonchev–Trinajstić information content (AvgIpc) is 2.78. The number of nitrogens with zero attached hydrogens (tertiary/aromatic N) is 3. The van der Waals surface area contributed by atoms with Crippen LogP contribution in [0.2, 0.25) is 0 Å². The van der Waals surface area contributed by atoms with Gasteiger partial charge in [-0.15, -0.1) is 0 Å². The number of hydrogen-bond acceptors (Lipinski definition) is 6. The summed E-state index contributed by atoms with van der Waals surface area (Å²) in [5.74, 6) is 0.237. The summed E-state index contributed by atoms with van der Waals surface area (Å²) < 4.78 is 5.46. The molecule has 0 bridgehead atoms. The van der Waals surface area contributed by atoms with E-state index in [2.05, 4.69) is 10.3 Å². The van der Waals surface area contributed by atoms with Crippen LogP contribution >= 0.6 is 0 Å². The van der Waals surface area contributed by atoms with Crippen molar-refractivity contribution in [3.8, 4) is 5.75 Å². The minimum atomic E-state index is -0.314. The first-order valence-corrected chi connectivity index (χ1v) is 10.1. The minimum Gasteiger partial charge on any atom is -0.484 e. The zero-order chi connectivity index (χ0) is 22.4. The molecule has 3 amide bonds. The highest BCUT2D eigenvalue weighted by Gasteiger charge is 2.24. The normalized spacial score (nSPS) is 15.8. The standard InChI is InChI=1S/C22H27N5O4/c1-26(2)20(28)14-31-18-7-3-5-15(11-18)22(30)25-17-8-9-19(24-12-17)27-10-4-6-16(13-27)21(23)29/h3,5,7-9,11-12,16H,4,6,10,13-14H2,1-2H3,(H2,23,29)(H,25,30). The zero-order valence-corrected chi connectivity index (χ0v) is 17.7. The summed E-state index contributed by atoms with van der Waals surface area (Å²) in [6, 6.07) is 10.2. The topological polar surface area (TPSA) is 118 Å². The summed E-state index contributed by atoms with van der Waals surface area (Å²) in [6.45, 7) is 1.26. The molecule has 1 aliphatic rings. The Morgan fingerprint density at radius 1 is 1.26 bits per heavy atom. The lowest BCUT2D eigenvalue weighted by Gasteiger charge is -2.32. The zero-order valence-electron chi connectivity index (χ0n) is 17.7. The number of benzene rings is 1. The summed E-state index contributed by atoms with van der Waals surface area (Å²) in [6.07, 6.45) is 3.26. The van der Waals surface area contributed by atoms with Crippen molar-refractivity contribution in [2.24, 2.45) is 11.7 Å². The van der Waals surface area contributed by atoms with Crippen LogP contribution in [0.5, 0.6) is 5.75 Å². The smallest absolute Gasteiger partial charge is 0.259 e. The van der Waals surface area contributed by atoms with Gasteiger partial charge in [-0.05, 0) is 43.2 Å². The lowest BCUT2D eigenvalue weighted by molar-refractivity contribution is -0.130. The lowest BCUT2D eigenvalue weighted by Crippen LogP contribution is -2.41. The molecule has 0 spiro atoms. The number of likely N-dealkylation sites (N-methyl/N-ethyl adjacent to an activating group) is 1. The van der Waals surface area contributed by atoms with E-state index in [4.69, 9.17) is 10.5 Å². The number of rotatable bonds is 7. The van der Waals surface area contributed by atoms with E-state index in [1.807, 2.05) is 11.0 Å². The Bertz CT molecular complexity index is 945. The van der Waals surface area contributed by atoms with E-state index in [1.54, 1.807) is 50.6 Å². The van der Waals surface area contributed by atoms with Crippen molar-refractivity contribution in [1.29, 1.82) is 0 Å². The second-order valence-electron chi connectivity index (χ2n) is 7.65. The van der Waals surface area contributed by atoms with Crippen LogP contribution in [0.25, 0.3) is 0 Å². The molecule has 0 aliphatic carbocycles. The van der Waals surface area contributed by atoms with Gasteiger partial charge in [-0.1, -0.05) is 6.07 Å². The van der Waals surface area contributed by atoms with Gasteiger partial charge in [0.15, 0.2) is 6.61 Å². The van der Waals surface area contributed by atoms with Crippen molar-refractivity contribution >= 4 is 29.2 Å². The van der Waals surface area contributed by atoms with E-state index in [-0.39, 0.29) is 30.2 Å². The molecule has 1 aromatic heterocycles. The fourth-order valence-electron chi connectivity index (χ4n) is 3.27. The van der Waals surface area contributed by atoms with Gasteiger partial charge >= 0.3 is 0 Å². The summed E-state index contributed by atoms with van der Waals surface area (Å²) in [4.78, 5) is 43.6. The molecule has 3 N–H and O–H groups in total. The number of pyridine rings is 1. The SMILES string of the molecule is CN(C)C(=O)COc1cccc(C(=O)Nc2ccc(N3CCCC(C(N)=O)C3)nc2)c1. The Morgan fingerprint density at radius 2 is 2.06 bits per heavy atom. The molecule has 31 heavy (non-hydrogen) atoms. The molecular weight excluding hydrogens is 398 g/mol. The van der Waals surface area contributed by atoms with E-state index >= 15 is 0 Å². The van der Waals surface area contributed by atoms with Crippen molar-refractivity contribution in [2.75, 3.05) is 44.0 Å². The van der Waals surface area contributed by atoms with E-state index < -0.39 is 0 Å². The number of primary amides is 1. The maximum atomic E-state index is 12.6. The second-order valence-corrected chi connectivity index (χ2v) is 7.65. The molecule has 0 saturated carbocycles. The number of carbonyl (C=O) groups excluding carboxylic acids is 3. The predicted molar refractivity (Wildman–Crippen MR) is 117 cm³/mol. The first kappa shape index (κ1) is 22.1. The number of hydrogen-bond donors (Lipinski definition) is 2. The van der Waals surface area contributed by atoms with Gasteiger partial charge in [-0.3, -0.25) is 14.4 Å². The van der Waals surface area contributed by atoms with Gasteiger partial charge in [0, 0.05) is 32.7 Å². The van der Waals surface area contributed by atoms with Crippen molar-refractivity contribution in [3.05, 3.63) is 48.2 Å². The molecule has 1 aliphatic heterocycles. The molecule has 2 aromatic rings. The predicted octanol–water partition coefficient (Wildman–Crippen LogP) is 1.50. The highest BCUT2D eigenvalue weighted by molar-refractivity contribution is 6.04. The Morgan fingerprint density at radius 3 is 2.74 bits per heavy atom. The first-order valence-electron chi connectivity index (χ1n) is 10.1. The number of piperidine rings is 1. The Hall–Kier alpha value is -3.62. The largest absolute Gasteiger partial charge is 0.484 e. The van der Waals surface area contributed by atoms with Gasteiger partial charge in [0.05, 0.1) is 17.8 Å². The quantitative estimate of drug-likeness (QED) is 0.694. The van der Waals surface area contributed by atoms with E-state index in [0.29, 0.717) is 23.5 Å². The molecule has 9 nitrogen and oxygen atoms in total. The number of nitrogens with one attached hydrogen (secondary N) is 1. The number of carbonyl (C=O) groups is 3. The van der Waals surface area contributed by atoms with E-state index in [1.165, 1.54) is 4.90 Å². The third-order valence-electron chi connectivity index (χ3n) is 5.11. The Balaban J connectivity index is 1.60. The maximum absolute atomic E-state index is 12.6. The molecule has 2 heterocycles. The Kier molecular flexibility index (Phi) is 7.07. The van der Waals surface area contributed by atoms with Gasteiger partial charge in [-0.2, -0.15) is 0 Å². The molecule has 0 radical (unpaired) electrons. The van der Waals surface area contributed by atoms with E-state index in [9.17, 15) is 14.4 Å². The minimum absolute atomic E-state index is 0.101. The highest BCUT2D eigenvalue weighted by Crippen LogP contribution is 2.23. The molecule has 9 heteroatoms. The van der Waals surface area contributed by atoms with E-state index in [0.717, 1.165) is 25.2 Å². The number of nitrogens with two attached hydrogens (primary N) is 1. The molecule has 1 unspecified atom stereocenters. The van der Waals surface area contributed by atoms with Crippen molar-refractivity contribution in [1.82, 2.24) is 9.88 Å². The monoisotopic (exact) mass is 425 g/mol.